The monoisotopic (exact) mass is 242 g/mol. The summed E-state index contributed by atoms with van der Waals surface area (Å²) in [5.74, 6) is -0.544. The highest BCUT2D eigenvalue weighted by Crippen LogP contribution is 2.16. The Morgan fingerprint density at radius 2 is 1.78 bits per heavy atom. The van der Waals surface area contributed by atoms with E-state index in [9.17, 15) is 9.18 Å². The first-order valence-corrected chi connectivity index (χ1v) is 5.43. The molecule has 0 aliphatic rings. The van der Waals surface area contributed by atoms with Gasteiger partial charge in [-0.25, -0.2) is 4.39 Å². The molecule has 0 atom stereocenters. The van der Waals surface area contributed by atoms with Gasteiger partial charge >= 0.3 is 0 Å². The Morgan fingerprint density at radius 1 is 1.17 bits per heavy atom. The fourth-order valence-corrected chi connectivity index (χ4v) is 2.01. The van der Waals surface area contributed by atoms with Gasteiger partial charge in [-0.2, -0.15) is 5.26 Å². The van der Waals surface area contributed by atoms with Crippen molar-refractivity contribution in [1.29, 1.82) is 5.26 Å². The van der Waals surface area contributed by atoms with Gasteiger partial charge in [0.15, 0.2) is 5.43 Å². The predicted octanol–water partition coefficient (Wildman–Crippen LogP) is 2.47. The molecule has 0 spiro atoms. The lowest BCUT2D eigenvalue weighted by molar-refractivity contribution is 0.623. The Labute approximate surface area is 104 Å². The fraction of sp³-hybridized carbons (Fsp3) is 0.143. The lowest BCUT2D eigenvalue weighted by atomic mass is 10.2. The van der Waals surface area contributed by atoms with Crippen LogP contribution < -0.4 is 5.43 Å². The van der Waals surface area contributed by atoms with E-state index in [1.54, 1.807) is 26.0 Å². The molecule has 0 saturated heterocycles. The van der Waals surface area contributed by atoms with Crippen LogP contribution in [0, 0.1) is 31.0 Å². The van der Waals surface area contributed by atoms with E-state index < -0.39 is 5.82 Å². The van der Waals surface area contributed by atoms with Crippen molar-refractivity contribution in [3.05, 3.63) is 63.3 Å². The summed E-state index contributed by atoms with van der Waals surface area (Å²) in [6, 6.07) is 9.12. The molecule has 3 nitrogen and oxygen atoms in total. The van der Waals surface area contributed by atoms with Gasteiger partial charge in [-0.1, -0.05) is 0 Å². The molecule has 1 aromatic carbocycles. The highest BCUT2D eigenvalue weighted by atomic mass is 19.1. The van der Waals surface area contributed by atoms with Crippen molar-refractivity contribution >= 4 is 0 Å². The van der Waals surface area contributed by atoms with E-state index in [1.165, 1.54) is 24.3 Å². The van der Waals surface area contributed by atoms with E-state index >= 15 is 0 Å². The zero-order valence-corrected chi connectivity index (χ0v) is 10.1. The van der Waals surface area contributed by atoms with Crippen LogP contribution in [0.1, 0.15) is 17.0 Å². The van der Waals surface area contributed by atoms with Crippen LogP contribution >= 0.6 is 0 Å². The zero-order chi connectivity index (χ0) is 13.3. The van der Waals surface area contributed by atoms with Gasteiger partial charge in [-0.05, 0) is 32.0 Å². The summed E-state index contributed by atoms with van der Waals surface area (Å²) in [5, 5.41) is 8.82. The molecule has 0 saturated carbocycles. The number of rotatable bonds is 1. The van der Waals surface area contributed by atoms with Gasteiger partial charge < -0.3 is 4.57 Å². The molecule has 90 valence electrons. The average molecular weight is 242 g/mol. The van der Waals surface area contributed by atoms with E-state index in [4.69, 9.17) is 5.26 Å². The summed E-state index contributed by atoms with van der Waals surface area (Å²) >= 11 is 0. The summed E-state index contributed by atoms with van der Waals surface area (Å²) in [5.41, 5.74) is 2.09. The van der Waals surface area contributed by atoms with E-state index in [0.29, 0.717) is 5.69 Å². The van der Waals surface area contributed by atoms with Crippen molar-refractivity contribution in [3.8, 4) is 11.8 Å². The van der Waals surface area contributed by atoms with Gasteiger partial charge in [0.2, 0.25) is 0 Å². The molecule has 0 radical (unpaired) electrons. The molecule has 0 N–H and O–H groups in total. The van der Waals surface area contributed by atoms with Crippen molar-refractivity contribution in [3.63, 3.8) is 0 Å². The van der Waals surface area contributed by atoms with Crippen LogP contribution in [0.25, 0.3) is 5.69 Å². The third-order valence-corrected chi connectivity index (χ3v) is 2.74. The van der Waals surface area contributed by atoms with Crippen LogP contribution in [-0.4, -0.2) is 4.57 Å². The number of hydrogen-bond acceptors (Lipinski definition) is 2. The molecule has 0 amide bonds. The first-order chi connectivity index (χ1) is 8.52. The third-order valence-electron chi connectivity index (χ3n) is 2.74. The van der Waals surface area contributed by atoms with Crippen molar-refractivity contribution in [2.75, 3.05) is 0 Å². The summed E-state index contributed by atoms with van der Waals surface area (Å²) in [6.45, 7) is 3.59. The van der Waals surface area contributed by atoms with Crippen molar-refractivity contribution in [1.82, 2.24) is 4.57 Å². The highest BCUT2D eigenvalue weighted by molar-refractivity contribution is 5.44. The SMILES string of the molecule is Cc1cc(=O)cc(C)n1-c1ccc(F)c(C#N)c1. The molecule has 4 heteroatoms. The fourth-order valence-electron chi connectivity index (χ4n) is 2.01. The summed E-state index contributed by atoms with van der Waals surface area (Å²) in [4.78, 5) is 11.3. The minimum absolute atomic E-state index is 0.00926. The first kappa shape index (κ1) is 12.1. The standard InChI is InChI=1S/C14H11FN2O/c1-9-5-13(18)6-10(2)17(9)12-3-4-14(15)11(7-12)8-16/h3-7H,1-2H3. The molecule has 2 aromatic rings. The Morgan fingerprint density at radius 3 is 2.33 bits per heavy atom. The lowest BCUT2D eigenvalue weighted by Gasteiger charge is -2.14. The zero-order valence-electron chi connectivity index (χ0n) is 10.1. The molecule has 2 rings (SSSR count). The van der Waals surface area contributed by atoms with Gasteiger partial charge in [0.1, 0.15) is 11.9 Å². The van der Waals surface area contributed by atoms with E-state index in [0.717, 1.165) is 11.4 Å². The number of halogens is 1. The van der Waals surface area contributed by atoms with Crippen LogP contribution in [0.3, 0.4) is 0 Å². The molecule has 0 fully saturated rings. The molecule has 0 aliphatic heterocycles. The molecule has 18 heavy (non-hydrogen) atoms. The summed E-state index contributed by atoms with van der Waals surface area (Å²) in [6.07, 6.45) is 0. The number of pyridine rings is 1. The quantitative estimate of drug-likeness (QED) is 0.771. The summed E-state index contributed by atoms with van der Waals surface area (Å²) < 4.78 is 15.1. The van der Waals surface area contributed by atoms with Crippen LogP contribution in [0.15, 0.2) is 35.1 Å². The van der Waals surface area contributed by atoms with Crippen LogP contribution in [-0.2, 0) is 0 Å². The highest BCUT2D eigenvalue weighted by Gasteiger charge is 2.07. The Kier molecular flexibility index (Phi) is 2.99. The average Bonchev–Trinajstić information content (AvgIpc) is 2.30. The molecule has 0 unspecified atom stereocenters. The minimum Gasteiger partial charge on any atom is -0.318 e. The Hall–Kier alpha value is -2.41. The molecule has 1 heterocycles. The number of nitrogens with zero attached hydrogens (tertiary/aromatic N) is 2. The number of aryl methyl sites for hydroxylation is 2. The molecular weight excluding hydrogens is 231 g/mol. The van der Waals surface area contributed by atoms with Gasteiger partial charge in [0.05, 0.1) is 5.56 Å². The maximum absolute atomic E-state index is 13.3. The molecular formula is C14H11FN2O. The van der Waals surface area contributed by atoms with Crippen LogP contribution in [0.4, 0.5) is 4.39 Å². The van der Waals surface area contributed by atoms with Gasteiger partial charge in [-0.3, -0.25) is 4.79 Å². The van der Waals surface area contributed by atoms with Gasteiger partial charge in [0.25, 0.3) is 0 Å². The van der Waals surface area contributed by atoms with Crippen molar-refractivity contribution in [2.45, 2.75) is 13.8 Å². The second kappa shape index (κ2) is 4.46. The maximum atomic E-state index is 13.3. The van der Waals surface area contributed by atoms with E-state index in [1.807, 2.05) is 4.57 Å². The second-order valence-electron chi connectivity index (χ2n) is 4.09. The topological polar surface area (TPSA) is 45.8 Å². The predicted molar refractivity (Wildman–Crippen MR) is 66.2 cm³/mol. The molecule has 0 aliphatic carbocycles. The second-order valence-corrected chi connectivity index (χ2v) is 4.09. The number of nitriles is 1. The van der Waals surface area contributed by atoms with Crippen molar-refractivity contribution < 1.29 is 4.39 Å². The number of benzene rings is 1. The first-order valence-electron chi connectivity index (χ1n) is 5.43. The van der Waals surface area contributed by atoms with Gasteiger partial charge in [-0.15, -0.1) is 0 Å². The van der Waals surface area contributed by atoms with Crippen LogP contribution in [0.5, 0.6) is 0 Å². The Balaban J connectivity index is 2.71. The normalized spacial score (nSPS) is 10.1. The van der Waals surface area contributed by atoms with Gasteiger partial charge in [0, 0.05) is 29.2 Å². The smallest absolute Gasteiger partial charge is 0.182 e. The van der Waals surface area contributed by atoms with E-state index in [-0.39, 0.29) is 11.0 Å². The minimum atomic E-state index is -0.544. The lowest BCUT2D eigenvalue weighted by Crippen LogP contribution is -2.11. The van der Waals surface area contributed by atoms with Crippen molar-refractivity contribution in [2.24, 2.45) is 0 Å². The third kappa shape index (κ3) is 2.03. The van der Waals surface area contributed by atoms with Crippen LogP contribution in [0.2, 0.25) is 0 Å². The number of hydrogen-bond donors (Lipinski definition) is 0. The van der Waals surface area contributed by atoms with E-state index in [2.05, 4.69) is 0 Å². The molecule has 0 bridgehead atoms. The number of aromatic nitrogens is 1. The molecule has 1 aromatic heterocycles. The summed E-state index contributed by atoms with van der Waals surface area (Å²) in [7, 11) is 0. The Bertz CT molecular complexity index is 684. The maximum Gasteiger partial charge on any atom is 0.182 e. The largest absolute Gasteiger partial charge is 0.318 e.